The number of aliphatic imine (C=N–C) groups is 1. The van der Waals surface area contributed by atoms with Crippen molar-refractivity contribution < 1.29 is 4.74 Å². The fourth-order valence-electron chi connectivity index (χ4n) is 2.86. The first-order valence-electron chi connectivity index (χ1n) is 9.12. The number of nitrogens with zero attached hydrogens (tertiary/aromatic N) is 4. The first-order chi connectivity index (χ1) is 12.0. The van der Waals surface area contributed by atoms with Crippen molar-refractivity contribution in [2.45, 2.75) is 51.7 Å². The summed E-state index contributed by atoms with van der Waals surface area (Å²) < 4.78 is 7.94. The topological polar surface area (TPSA) is 52.3 Å². The van der Waals surface area contributed by atoms with E-state index < -0.39 is 8.07 Å². The highest BCUT2D eigenvalue weighted by molar-refractivity contribution is 6.76. The zero-order valence-corrected chi connectivity index (χ0v) is 16.5. The average molecular weight is 357 g/mol. The third-order valence-corrected chi connectivity index (χ3v) is 6.10. The minimum absolute atomic E-state index is 0.539. The van der Waals surface area contributed by atoms with Crippen molar-refractivity contribution in [1.29, 1.82) is 0 Å². The summed E-state index contributed by atoms with van der Waals surface area (Å²) in [5.74, 6) is 0. The Morgan fingerprint density at radius 2 is 2.08 bits per heavy atom. The molecule has 6 heteroatoms. The molecule has 2 aromatic rings. The SMILES string of the molecule is C[Si](C)(C)CCOCn1ccc2c(/C3=C/CCCCN=C3)ncnc21. The molecule has 0 aliphatic carbocycles. The molecular formula is C19H28N4OSi. The molecule has 1 aliphatic rings. The van der Waals surface area contributed by atoms with Crippen LogP contribution in [0.1, 0.15) is 25.0 Å². The van der Waals surface area contributed by atoms with Crippen LogP contribution in [0.3, 0.4) is 0 Å². The van der Waals surface area contributed by atoms with Crippen LogP contribution in [-0.4, -0.2) is 42.0 Å². The van der Waals surface area contributed by atoms with Crippen LogP contribution in [0.25, 0.3) is 16.6 Å². The van der Waals surface area contributed by atoms with Gasteiger partial charge in [-0.1, -0.05) is 25.7 Å². The number of hydrogen-bond acceptors (Lipinski definition) is 4. The smallest absolute Gasteiger partial charge is 0.145 e. The lowest BCUT2D eigenvalue weighted by molar-refractivity contribution is 0.0899. The van der Waals surface area contributed by atoms with Gasteiger partial charge >= 0.3 is 0 Å². The second-order valence-corrected chi connectivity index (χ2v) is 13.4. The van der Waals surface area contributed by atoms with Crippen LogP contribution in [0.15, 0.2) is 29.7 Å². The van der Waals surface area contributed by atoms with Gasteiger partial charge in [0.2, 0.25) is 0 Å². The quantitative estimate of drug-likeness (QED) is 0.570. The van der Waals surface area contributed by atoms with Crippen molar-refractivity contribution in [3.63, 3.8) is 0 Å². The molecule has 0 N–H and O–H groups in total. The van der Waals surface area contributed by atoms with Crippen LogP contribution in [-0.2, 0) is 11.5 Å². The zero-order chi connectivity index (χ0) is 17.7. The molecular weight excluding hydrogens is 328 g/mol. The molecule has 0 unspecified atom stereocenters. The molecule has 3 rings (SSSR count). The molecule has 1 aliphatic heterocycles. The molecule has 0 spiro atoms. The Morgan fingerprint density at radius 1 is 1.20 bits per heavy atom. The van der Waals surface area contributed by atoms with E-state index in [9.17, 15) is 0 Å². The van der Waals surface area contributed by atoms with Gasteiger partial charge in [-0.25, -0.2) is 9.97 Å². The molecule has 5 nitrogen and oxygen atoms in total. The lowest BCUT2D eigenvalue weighted by Crippen LogP contribution is -2.22. The van der Waals surface area contributed by atoms with E-state index in [0.29, 0.717) is 6.73 Å². The fourth-order valence-corrected chi connectivity index (χ4v) is 3.61. The van der Waals surface area contributed by atoms with Crippen molar-refractivity contribution in [3.05, 3.63) is 30.4 Å². The second kappa shape index (κ2) is 8.06. The highest BCUT2D eigenvalue weighted by Gasteiger charge is 2.14. The Balaban J connectivity index is 1.78. The molecule has 0 fully saturated rings. The molecule has 0 aromatic carbocycles. The van der Waals surface area contributed by atoms with Gasteiger partial charge in [-0.15, -0.1) is 0 Å². The van der Waals surface area contributed by atoms with Gasteiger partial charge < -0.3 is 9.30 Å². The summed E-state index contributed by atoms with van der Waals surface area (Å²) in [5.41, 5.74) is 3.00. The van der Waals surface area contributed by atoms with E-state index in [1.54, 1.807) is 6.33 Å². The van der Waals surface area contributed by atoms with Crippen LogP contribution in [0.5, 0.6) is 0 Å². The second-order valence-electron chi connectivity index (χ2n) is 7.78. The van der Waals surface area contributed by atoms with Crippen molar-refractivity contribution in [3.8, 4) is 0 Å². The van der Waals surface area contributed by atoms with Gasteiger partial charge in [0.05, 0.1) is 5.69 Å². The molecule has 0 radical (unpaired) electrons. The average Bonchev–Trinajstić information content (AvgIpc) is 2.94. The van der Waals surface area contributed by atoms with E-state index in [1.807, 2.05) is 12.4 Å². The van der Waals surface area contributed by atoms with Gasteiger partial charge in [0.15, 0.2) is 0 Å². The standard InChI is InChI=1S/C19H28N4OSi/c1-25(2,3)12-11-24-15-23-10-8-17-18(21-14-22-19(17)23)16-7-5-4-6-9-20-13-16/h7-8,10,13-14H,4-6,9,11-12,15H2,1-3H3/b16-7+,20-13?. The van der Waals surface area contributed by atoms with Crippen LogP contribution >= 0.6 is 0 Å². The third kappa shape index (κ3) is 4.86. The number of rotatable bonds is 6. The summed E-state index contributed by atoms with van der Waals surface area (Å²) in [6, 6.07) is 3.26. The van der Waals surface area contributed by atoms with E-state index in [-0.39, 0.29) is 0 Å². The molecule has 25 heavy (non-hydrogen) atoms. The van der Waals surface area contributed by atoms with Crippen LogP contribution < -0.4 is 0 Å². The third-order valence-electron chi connectivity index (χ3n) is 4.39. The lowest BCUT2D eigenvalue weighted by atomic mass is 10.1. The van der Waals surface area contributed by atoms with Crippen LogP contribution in [0, 0.1) is 0 Å². The Bertz CT molecular complexity index is 773. The zero-order valence-electron chi connectivity index (χ0n) is 15.5. The maximum absolute atomic E-state index is 5.88. The van der Waals surface area contributed by atoms with Gasteiger partial charge in [0.25, 0.3) is 0 Å². The highest BCUT2D eigenvalue weighted by atomic mass is 28.3. The fraction of sp³-hybridized carbons (Fsp3) is 0.526. The van der Waals surface area contributed by atoms with Gasteiger partial charge in [0, 0.05) is 44.6 Å². The Kier molecular flexibility index (Phi) is 5.80. The Hall–Kier alpha value is -1.79. The van der Waals surface area contributed by atoms with Crippen molar-refractivity contribution >= 4 is 30.9 Å². The number of allylic oxidation sites excluding steroid dienone is 2. The predicted octanol–water partition coefficient (Wildman–Crippen LogP) is 4.38. The molecule has 0 saturated carbocycles. The normalized spacial score (nSPS) is 18.0. The molecule has 0 amide bonds. The van der Waals surface area contributed by atoms with Crippen molar-refractivity contribution in [1.82, 2.24) is 14.5 Å². The summed E-state index contributed by atoms with van der Waals surface area (Å²) in [4.78, 5) is 13.5. The maximum Gasteiger partial charge on any atom is 0.145 e. The van der Waals surface area contributed by atoms with E-state index >= 15 is 0 Å². The van der Waals surface area contributed by atoms with Crippen molar-refractivity contribution in [2.24, 2.45) is 4.99 Å². The lowest BCUT2D eigenvalue weighted by Gasteiger charge is -2.15. The van der Waals surface area contributed by atoms with E-state index in [1.165, 1.54) is 12.5 Å². The summed E-state index contributed by atoms with van der Waals surface area (Å²) in [6.07, 6.45) is 11.3. The predicted molar refractivity (Wildman–Crippen MR) is 107 cm³/mol. The molecule has 0 saturated heterocycles. The summed E-state index contributed by atoms with van der Waals surface area (Å²) in [5, 5.41) is 1.06. The summed E-state index contributed by atoms with van der Waals surface area (Å²) in [7, 11) is -1.06. The van der Waals surface area contributed by atoms with E-state index in [4.69, 9.17) is 4.74 Å². The molecule has 0 bridgehead atoms. The van der Waals surface area contributed by atoms with Gasteiger partial charge in [0.1, 0.15) is 18.7 Å². The monoisotopic (exact) mass is 356 g/mol. The van der Waals surface area contributed by atoms with Gasteiger partial charge in [-0.3, -0.25) is 4.99 Å². The van der Waals surface area contributed by atoms with E-state index in [0.717, 1.165) is 48.3 Å². The highest BCUT2D eigenvalue weighted by Crippen LogP contribution is 2.23. The number of fused-ring (bicyclic) bond motifs is 1. The van der Waals surface area contributed by atoms with Gasteiger partial charge in [-0.05, 0) is 31.4 Å². The van der Waals surface area contributed by atoms with Crippen LogP contribution in [0.2, 0.25) is 25.7 Å². The van der Waals surface area contributed by atoms with E-state index in [2.05, 4.69) is 51.3 Å². The first-order valence-corrected chi connectivity index (χ1v) is 12.8. The Morgan fingerprint density at radius 3 is 2.92 bits per heavy atom. The molecule has 2 aromatic heterocycles. The largest absolute Gasteiger partial charge is 0.361 e. The number of aromatic nitrogens is 3. The first kappa shape index (κ1) is 18.0. The molecule has 134 valence electrons. The van der Waals surface area contributed by atoms with Crippen molar-refractivity contribution in [2.75, 3.05) is 13.2 Å². The summed E-state index contributed by atoms with van der Waals surface area (Å²) >= 11 is 0. The van der Waals surface area contributed by atoms with Gasteiger partial charge in [-0.2, -0.15) is 0 Å². The summed E-state index contributed by atoms with van der Waals surface area (Å²) in [6.45, 7) is 9.35. The maximum atomic E-state index is 5.88. The minimum Gasteiger partial charge on any atom is -0.361 e. The number of hydrogen-bond donors (Lipinski definition) is 0. The van der Waals surface area contributed by atoms with Crippen LogP contribution in [0.4, 0.5) is 0 Å². The number of ether oxygens (including phenoxy) is 1. The Labute approximate surface area is 150 Å². The molecule has 3 heterocycles. The molecule has 0 atom stereocenters. The minimum atomic E-state index is -1.06.